The average molecular weight is 220 g/mol. The number of ether oxygens (including phenoxy) is 2. The first-order chi connectivity index (χ1) is 7.74. The van der Waals surface area contributed by atoms with Gasteiger partial charge in [-0.1, -0.05) is 0 Å². The van der Waals surface area contributed by atoms with Crippen molar-refractivity contribution in [3.8, 4) is 11.5 Å². The Morgan fingerprint density at radius 1 is 1.31 bits per heavy atom. The Morgan fingerprint density at radius 3 is 2.75 bits per heavy atom. The SMILES string of the molecule is Cc1cc2c(cc1C1CNC(=O)N1)OCO2. The summed E-state index contributed by atoms with van der Waals surface area (Å²) in [7, 11) is 0. The molecule has 2 heterocycles. The first kappa shape index (κ1) is 9.33. The van der Waals surface area contributed by atoms with Crippen molar-refractivity contribution in [1.82, 2.24) is 10.6 Å². The number of urea groups is 1. The fourth-order valence-corrected chi connectivity index (χ4v) is 2.08. The number of fused-ring (bicyclic) bond motifs is 1. The molecule has 0 aliphatic carbocycles. The zero-order chi connectivity index (χ0) is 11.1. The molecule has 5 nitrogen and oxygen atoms in total. The molecule has 1 aromatic carbocycles. The van der Waals surface area contributed by atoms with E-state index in [4.69, 9.17) is 9.47 Å². The number of aryl methyl sites for hydroxylation is 1. The van der Waals surface area contributed by atoms with Gasteiger partial charge in [0.15, 0.2) is 11.5 Å². The number of benzene rings is 1. The van der Waals surface area contributed by atoms with E-state index in [0.29, 0.717) is 6.54 Å². The van der Waals surface area contributed by atoms with Gasteiger partial charge in [0.2, 0.25) is 6.79 Å². The molecule has 0 spiro atoms. The molecule has 1 unspecified atom stereocenters. The molecule has 0 radical (unpaired) electrons. The van der Waals surface area contributed by atoms with Gasteiger partial charge in [-0.15, -0.1) is 0 Å². The second-order valence-electron chi connectivity index (χ2n) is 3.97. The maximum Gasteiger partial charge on any atom is 0.315 e. The van der Waals surface area contributed by atoms with Crippen molar-refractivity contribution in [3.05, 3.63) is 23.3 Å². The van der Waals surface area contributed by atoms with E-state index in [9.17, 15) is 4.79 Å². The summed E-state index contributed by atoms with van der Waals surface area (Å²) in [5.41, 5.74) is 2.17. The zero-order valence-electron chi connectivity index (χ0n) is 8.87. The van der Waals surface area contributed by atoms with E-state index in [-0.39, 0.29) is 18.9 Å². The minimum absolute atomic E-state index is 0.0157. The van der Waals surface area contributed by atoms with Crippen LogP contribution in [0.25, 0.3) is 0 Å². The summed E-state index contributed by atoms with van der Waals surface area (Å²) in [6, 6.07) is 3.78. The largest absolute Gasteiger partial charge is 0.454 e. The number of carbonyl (C=O) groups excluding carboxylic acids is 1. The predicted octanol–water partition coefficient (Wildman–Crippen LogP) is 1.08. The van der Waals surface area contributed by atoms with Crippen LogP contribution < -0.4 is 20.1 Å². The van der Waals surface area contributed by atoms with Crippen LogP contribution in [0, 0.1) is 6.92 Å². The third kappa shape index (κ3) is 1.36. The maximum absolute atomic E-state index is 11.1. The molecule has 2 aliphatic rings. The van der Waals surface area contributed by atoms with Crippen LogP contribution in [0.2, 0.25) is 0 Å². The van der Waals surface area contributed by atoms with Crippen molar-refractivity contribution in [3.63, 3.8) is 0 Å². The molecule has 0 saturated carbocycles. The Kier molecular flexibility index (Phi) is 1.92. The van der Waals surface area contributed by atoms with Gasteiger partial charge in [0.05, 0.1) is 6.04 Å². The summed E-state index contributed by atoms with van der Waals surface area (Å²) in [6.07, 6.45) is 0. The lowest BCUT2D eigenvalue weighted by Crippen LogP contribution is -2.22. The molecule has 1 atom stereocenters. The van der Waals surface area contributed by atoms with Gasteiger partial charge in [-0.05, 0) is 30.2 Å². The predicted molar refractivity (Wildman–Crippen MR) is 56.6 cm³/mol. The van der Waals surface area contributed by atoms with Gasteiger partial charge < -0.3 is 20.1 Å². The van der Waals surface area contributed by atoms with E-state index in [1.165, 1.54) is 0 Å². The summed E-state index contributed by atoms with van der Waals surface area (Å²) in [4.78, 5) is 11.1. The molecule has 16 heavy (non-hydrogen) atoms. The minimum atomic E-state index is -0.123. The molecule has 3 rings (SSSR count). The molecule has 2 N–H and O–H groups in total. The Labute approximate surface area is 92.7 Å². The highest BCUT2D eigenvalue weighted by Crippen LogP contribution is 2.36. The second-order valence-corrected chi connectivity index (χ2v) is 3.97. The fourth-order valence-electron chi connectivity index (χ4n) is 2.08. The van der Waals surface area contributed by atoms with Crippen molar-refractivity contribution in [2.24, 2.45) is 0 Å². The van der Waals surface area contributed by atoms with Crippen LogP contribution in [0.15, 0.2) is 12.1 Å². The number of hydrogen-bond acceptors (Lipinski definition) is 3. The molecule has 1 saturated heterocycles. The number of rotatable bonds is 1. The third-order valence-corrected chi connectivity index (χ3v) is 2.91. The summed E-state index contributed by atoms with van der Waals surface area (Å²) in [6.45, 7) is 2.88. The molecule has 1 fully saturated rings. The van der Waals surface area contributed by atoms with Crippen LogP contribution in [0.1, 0.15) is 17.2 Å². The van der Waals surface area contributed by atoms with E-state index in [2.05, 4.69) is 10.6 Å². The molecular formula is C11H12N2O3. The molecule has 1 aromatic rings. The minimum Gasteiger partial charge on any atom is -0.454 e. The number of hydrogen-bond donors (Lipinski definition) is 2. The van der Waals surface area contributed by atoms with Crippen LogP contribution in [0.5, 0.6) is 11.5 Å². The van der Waals surface area contributed by atoms with E-state index < -0.39 is 0 Å². The Morgan fingerprint density at radius 2 is 2.06 bits per heavy atom. The molecule has 2 aliphatic heterocycles. The molecular weight excluding hydrogens is 208 g/mol. The van der Waals surface area contributed by atoms with Crippen molar-refractivity contribution < 1.29 is 14.3 Å². The Hall–Kier alpha value is -1.91. The fraction of sp³-hybridized carbons (Fsp3) is 0.364. The van der Waals surface area contributed by atoms with Crippen molar-refractivity contribution in [2.75, 3.05) is 13.3 Å². The smallest absolute Gasteiger partial charge is 0.315 e. The second kappa shape index (κ2) is 3.30. The summed E-state index contributed by atoms with van der Waals surface area (Å²) in [5.74, 6) is 1.53. The molecule has 0 bridgehead atoms. The lowest BCUT2D eigenvalue weighted by atomic mass is 10.0. The van der Waals surface area contributed by atoms with E-state index in [0.717, 1.165) is 22.6 Å². The Bertz CT molecular complexity index is 459. The highest BCUT2D eigenvalue weighted by Gasteiger charge is 2.25. The van der Waals surface area contributed by atoms with Gasteiger partial charge >= 0.3 is 6.03 Å². The topological polar surface area (TPSA) is 59.6 Å². The van der Waals surface area contributed by atoms with Gasteiger partial charge in [0.1, 0.15) is 0 Å². The van der Waals surface area contributed by atoms with E-state index >= 15 is 0 Å². The highest BCUT2D eigenvalue weighted by atomic mass is 16.7. The molecule has 0 aromatic heterocycles. The molecule has 84 valence electrons. The third-order valence-electron chi connectivity index (χ3n) is 2.91. The van der Waals surface area contributed by atoms with Gasteiger partial charge in [-0.2, -0.15) is 0 Å². The monoisotopic (exact) mass is 220 g/mol. The van der Waals surface area contributed by atoms with Crippen molar-refractivity contribution >= 4 is 6.03 Å². The van der Waals surface area contributed by atoms with Crippen molar-refractivity contribution in [1.29, 1.82) is 0 Å². The van der Waals surface area contributed by atoms with Gasteiger partial charge in [-0.25, -0.2) is 4.79 Å². The van der Waals surface area contributed by atoms with Gasteiger partial charge in [0, 0.05) is 6.54 Å². The van der Waals surface area contributed by atoms with Gasteiger partial charge in [-0.3, -0.25) is 0 Å². The van der Waals surface area contributed by atoms with Crippen LogP contribution >= 0.6 is 0 Å². The quantitative estimate of drug-likeness (QED) is 0.744. The number of amides is 2. The normalized spacial score (nSPS) is 21.8. The summed E-state index contributed by atoms with van der Waals surface area (Å²) >= 11 is 0. The van der Waals surface area contributed by atoms with E-state index in [1.807, 2.05) is 19.1 Å². The molecule has 5 heteroatoms. The average Bonchev–Trinajstić information content (AvgIpc) is 2.84. The van der Waals surface area contributed by atoms with Crippen LogP contribution in [-0.2, 0) is 0 Å². The highest BCUT2D eigenvalue weighted by molar-refractivity contribution is 5.77. The Balaban J connectivity index is 1.98. The van der Waals surface area contributed by atoms with Crippen LogP contribution in [0.3, 0.4) is 0 Å². The standard InChI is InChI=1S/C11H12N2O3/c1-6-2-9-10(16-5-15-9)3-7(6)8-4-12-11(14)13-8/h2-3,8H,4-5H2,1H3,(H2,12,13,14). The zero-order valence-corrected chi connectivity index (χ0v) is 8.87. The van der Waals surface area contributed by atoms with Crippen LogP contribution in [0.4, 0.5) is 4.79 Å². The first-order valence-electron chi connectivity index (χ1n) is 5.18. The van der Waals surface area contributed by atoms with E-state index in [1.54, 1.807) is 0 Å². The van der Waals surface area contributed by atoms with Gasteiger partial charge in [0.25, 0.3) is 0 Å². The summed E-state index contributed by atoms with van der Waals surface area (Å²) < 4.78 is 10.6. The summed E-state index contributed by atoms with van der Waals surface area (Å²) in [5, 5.41) is 5.60. The first-order valence-corrected chi connectivity index (χ1v) is 5.18. The maximum atomic E-state index is 11.1. The number of nitrogens with one attached hydrogen (secondary N) is 2. The molecule has 2 amide bonds. The number of carbonyl (C=O) groups is 1. The van der Waals surface area contributed by atoms with Crippen molar-refractivity contribution in [2.45, 2.75) is 13.0 Å². The van der Waals surface area contributed by atoms with Crippen LogP contribution in [-0.4, -0.2) is 19.4 Å². The lowest BCUT2D eigenvalue weighted by molar-refractivity contribution is 0.174. The lowest BCUT2D eigenvalue weighted by Gasteiger charge is -2.13.